The van der Waals surface area contributed by atoms with Gasteiger partial charge in [0.05, 0.1) is 22.4 Å². The number of anilines is 1. The largest absolute Gasteiger partial charge is 0.379 e. The molecule has 0 atom stereocenters. The Morgan fingerprint density at radius 3 is 2.33 bits per heavy atom. The van der Waals surface area contributed by atoms with Gasteiger partial charge in [-0.2, -0.15) is 5.10 Å². The summed E-state index contributed by atoms with van der Waals surface area (Å²) in [5.74, 6) is 0. The van der Waals surface area contributed by atoms with E-state index in [0.717, 1.165) is 28.9 Å². The van der Waals surface area contributed by atoms with Crippen LogP contribution in [0.1, 0.15) is 44.6 Å². The predicted molar refractivity (Wildman–Crippen MR) is 92.8 cm³/mol. The fourth-order valence-corrected chi connectivity index (χ4v) is 2.74. The molecule has 0 spiro atoms. The van der Waals surface area contributed by atoms with Crippen molar-refractivity contribution < 1.29 is 0 Å². The predicted octanol–water partition coefficient (Wildman–Crippen LogP) is 4.88. The summed E-state index contributed by atoms with van der Waals surface area (Å²) in [4.78, 5) is 0. The normalized spacial score (nSPS) is 11.7. The number of benzene rings is 1. The first-order valence-corrected chi connectivity index (χ1v) is 8.18. The molecule has 0 saturated carbocycles. The first kappa shape index (κ1) is 16.1. The number of aryl methyl sites for hydroxylation is 2. The lowest BCUT2D eigenvalue weighted by atomic mass is 9.87. The minimum absolute atomic E-state index is 0.194. The van der Waals surface area contributed by atoms with Crippen LogP contribution in [-0.4, -0.2) is 9.78 Å². The summed E-state index contributed by atoms with van der Waals surface area (Å²) in [6.07, 6.45) is 0. The number of aromatic nitrogens is 2. The number of nitrogens with one attached hydrogen (secondary N) is 1. The van der Waals surface area contributed by atoms with Crippen LogP contribution in [0.4, 0.5) is 5.69 Å². The van der Waals surface area contributed by atoms with Crippen LogP contribution in [0.25, 0.3) is 0 Å². The summed E-state index contributed by atoms with van der Waals surface area (Å²) >= 11 is 3.63. The summed E-state index contributed by atoms with van der Waals surface area (Å²) in [6.45, 7) is 12.5. The van der Waals surface area contributed by atoms with E-state index in [2.05, 4.69) is 78.3 Å². The van der Waals surface area contributed by atoms with E-state index in [1.807, 2.05) is 11.6 Å². The molecule has 21 heavy (non-hydrogen) atoms. The van der Waals surface area contributed by atoms with Crippen molar-refractivity contribution in [3.63, 3.8) is 0 Å². The Kier molecular flexibility index (Phi) is 4.77. The number of nitrogens with zero attached hydrogens (tertiary/aromatic N) is 2. The molecule has 0 amide bonds. The lowest BCUT2D eigenvalue weighted by Gasteiger charge is -2.19. The van der Waals surface area contributed by atoms with E-state index in [0.29, 0.717) is 0 Å². The molecule has 4 heteroatoms. The second-order valence-electron chi connectivity index (χ2n) is 6.34. The molecule has 1 aromatic carbocycles. The van der Waals surface area contributed by atoms with Crippen LogP contribution < -0.4 is 5.32 Å². The molecule has 0 unspecified atom stereocenters. The lowest BCUT2D eigenvalue weighted by molar-refractivity contribution is 0.590. The van der Waals surface area contributed by atoms with Gasteiger partial charge in [-0.1, -0.05) is 32.9 Å². The molecule has 0 bridgehead atoms. The number of hydrogen-bond acceptors (Lipinski definition) is 2. The maximum absolute atomic E-state index is 4.52. The fourth-order valence-electron chi connectivity index (χ4n) is 2.31. The van der Waals surface area contributed by atoms with Crippen molar-refractivity contribution in [2.75, 3.05) is 5.32 Å². The Morgan fingerprint density at radius 2 is 1.81 bits per heavy atom. The standard InChI is InChI=1S/C17H24BrN3/c1-6-21-15(16(18)12(2)20-21)11-19-14-9-7-13(8-10-14)17(3,4)5/h7-10,19H,6,11H2,1-5H3. The van der Waals surface area contributed by atoms with Crippen LogP contribution in [0.15, 0.2) is 28.7 Å². The van der Waals surface area contributed by atoms with Gasteiger partial charge < -0.3 is 5.32 Å². The van der Waals surface area contributed by atoms with Crippen molar-refractivity contribution >= 4 is 21.6 Å². The van der Waals surface area contributed by atoms with Crippen LogP contribution in [0.2, 0.25) is 0 Å². The molecular formula is C17H24BrN3. The Morgan fingerprint density at radius 1 is 1.19 bits per heavy atom. The van der Waals surface area contributed by atoms with Crippen molar-refractivity contribution in [2.24, 2.45) is 0 Å². The van der Waals surface area contributed by atoms with Gasteiger partial charge in [0, 0.05) is 12.2 Å². The minimum Gasteiger partial charge on any atom is -0.379 e. The summed E-state index contributed by atoms with van der Waals surface area (Å²) < 4.78 is 3.14. The third-order valence-electron chi connectivity index (χ3n) is 3.66. The molecule has 114 valence electrons. The highest BCUT2D eigenvalue weighted by molar-refractivity contribution is 9.10. The fraction of sp³-hybridized carbons (Fsp3) is 0.471. The molecule has 0 aliphatic carbocycles. The number of halogens is 1. The van der Waals surface area contributed by atoms with Crippen LogP contribution in [0, 0.1) is 6.92 Å². The van der Waals surface area contributed by atoms with Crippen molar-refractivity contribution in [1.29, 1.82) is 0 Å². The third-order valence-corrected chi connectivity index (χ3v) is 4.70. The van der Waals surface area contributed by atoms with Crippen LogP contribution in [0.3, 0.4) is 0 Å². The molecule has 0 aliphatic heterocycles. The van der Waals surface area contributed by atoms with E-state index in [1.54, 1.807) is 0 Å². The zero-order valence-electron chi connectivity index (χ0n) is 13.5. The highest BCUT2D eigenvalue weighted by Gasteiger charge is 2.14. The summed E-state index contributed by atoms with van der Waals surface area (Å²) in [5, 5.41) is 7.99. The lowest BCUT2D eigenvalue weighted by Crippen LogP contribution is -2.11. The minimum atomic E-state index is 0.194. The zero-order chi connectivity index (χ0) is 15.6. The van der Waals surface area contributed by atoms with Gasteiger partial charge in [0.1, 0.15) is 0 Å². The average molecular weight is 350 g/mol. The highest BCUT2D eigenvalue weighted by Crippen LogP contribution is 2.25. The van der Waals surface area contributed by atoms with E-state index in [9.17, 15) is 0 Å². The maximum atomic E-state index is 4.52. The summed E-state index contributed by atoms with van der Waals surface area (Å²) in [6, 6.07) is 8.68. The molecule has 0 radical (unpaired) electrons. The topological polar surface area (TPSA) is 29.9 Å². The number of hydrogen-bond donors (Lipinski definition) is 1. The first-order chi connectivity index (χ1) is 9.82. The van der Waals surface area contributed by atoms with Gasteiger partial charge in [0.25, 0.3) is 0 Å². The molecule has 3 nitrogen and oxygen atoms in total. The molecule has 0 saturated heterocycles. The van der Waals surface area contributed by atoms with E-state index in [-0.39, 0.29) is 5.41 Å². The Balaban J connectivity index is 2.10. The van der Waals surface area contributed by atoms with Gasteiger partial charge >= 0.3 is 0 Å². The van der Waals surface area contributed by atoms with E-state index >= 15 is 0 Å². The number of rotatable bonds is 4. The molecule has 1 heterocycles. The molecule has 1 N–H and O–H groups in total. The second kappa shape index (κ2) is 6.22. The van der Waals surface area contributed by atoms with Gasteiger partial charge in [-0.3, -0.25) is 4.68 Å². The van der Waals surface area contributed by atoms with Crippen LogP contribution in [-0.2, 0) is 18.5 Å². The van der Waals surface area contributed by atoms with Crippen molar-refractivity contribution in [1.82, 2.24) is 9.78 Å². The Hall–Kier alpha value is -1.29. The van der Waals surface area contributed by atoms with Crippen LogP contribution >= 0.6 is 15.9 Å². The maximum Gasteiger partial charge on any atom is 0.0739 e. The van der Waals surface area contributed by atoms with Gasteiger partial charge in [-0.25, -0.2) is 0 Å². The van der Waals surface area contributed by atoms with E-state index in [4.69, 9.17) is 0 Å². The SMILES string of the molecule is CCn1nc(C)c(Br)c1CNc1ccc(C(C)(C)C)cc1. The van der Waals surface area contributed by atoms with Crippen molar-refractivity contribution in [2.45, 2.75) is 53.1 Å². The zero-order valence-corrected chi connectivity index (χ0v) is 15.1. The molecule has 0 aliphatic rings. The third kappa shape index (κ3) is 3.67. The summed E-state index contributed by atoms with van der Waals surface area (Å²) in [5.41, 5.74) is 4.91. The van der Waals surface area contributed by atoms with E-state index in [1.165, 1.54) is 11.3 Å². The molecule has 1 aromatic heterocycles. The Labute approximate surface area is 135 Å². The van der Waals surface area contributed by atoms with E-state index < -0.39 is 0 Å². The molecule has 0 fully saturated rings. The van der Waals surface area contributed by atoms with Crippen molar-refractivity contribution in [3.05, 3.63) is 45.7 Å². The Bertz CT molecular complexity index is 606. The van der Waals surface area contributed by atoms with Gasteiger partial charge in [0.2, 0.25) is 0 Å². The van der Waals surface area contributed by atoms with Gasteiger partial charge in [-0.05, 0) is 52.9 Å². The monoisotopic (exact) mass is 349 g/mol. The van der Waals surface area contributed by atoms with Crippen LogP contribution in [0.5, 0.6) is 0 Å². The summed E-state index contributed by atoms with van der Waals surface area (Å²) in [7, 11) is 0. The molecular weight excluding hydrogens is 326 g/mol. The molecule has 2 aromatic rings. The van der Waals surface area contributed by atoms with Gasteiger partial charge in [-0.15, -0.1) is 0 Å². The molecule has 2 rings (SSSR count). The average Bonchev–Trinajstić information content (AvgIpc) is 2.71. The second-order valence-corrected chi connectivity index (χ2v) is 7.14. The van der Waals surface area contributed by atoms with Gasteiger partial charge in [0.15, 0.2) is 0 Å². The quantitative estimate of drug-likeness (QED) is 0.851. The first-order valence-electron chi connectivity index (χ1n) is 7.39. The smallest absolute Gasteiger partial charge is 0.0739 e. The highest BCUT2D eigenvalue weighted by atomic mass is 79.9. The van der Waals surface area contributed by atoms with Crippen molar-refractivity contribution in [3.8, 4) is 0 Å².